The predicted molar refractivity (Wildman–Crippen MR) is 69.6 cm³/mol. The fourth-order valence-corrected chi connectivity index (χ4v) is 4.24. The van der Waals surface area contributed by atoms with E-state index in [9.17, 15) is 0 Å². The zero-order chi connectivity index (χ0) is 12.0. The van der Waals surface area contributed by atoms with Gasteiger partial charge in [0, 0.05) is 19.1 Å². The fraction of sp³-hybridized carbons (Fsp3) is 1.00. The Balaban J connectivity index is 1.97. The Hall–Kier alpha value is -0.0800. The summed E-state index contributed by atoms with van der Waals surface area (Å²) >= 11 is 0. The van der Waals surface area contributed by atoms with Crippen molar-refractivity contribution < 1.29 is 0 Å². The van der Waals surface area contributed by atoms with Crippen LogP contribution in [0.2, 0.25) is 0 Å². The molecule has 0 aromatic heterocycles. The van der Waals surface area contributed by atoms with Crippen LogP contribution in [0, 0.1) is 16.7 Å². The second-order valence-corrected chi connectivity index (χ2v) is 7.11. The van der Waals surface area contributed by atoms with Crippen LogP contribution < -0.4 is 5.32 Å². The normalized spacial score (nSPS) is 40.9. The Kier molecular flexibility index (Phi) is 3.09. The molecule has 2 aliphatic rings. The van der Waals surface area contributed by atoms with Crippen molar-refractivity contribution in [3.8, 4) is 0 Å². The van der Waals surface area contributed by atoms with E-state index in [4.69, 9.17) is 0 Å². The topological polar surface area (TPSA) is 15.3 Å². The van der Waals surface area contributed by atoms with Crippen molar-refractivity contribution in [3.63, 3.8) is 0 Å². The van der Waals surface area contributed by atoms with Crippen LogP contribution in [0.5, 0.6) is 0 Å². The molecule has 2 rings (SSSR count). The van der Waals surface area contributed by atoms with Crippen molar-refractivity contribution >= 4 is 0 Å². The van der Waals surface area contributed by atoms with Crippen molar-refractivity contribution in [2.75, 3.05) is 27.2 Å². The van der Waals surface area contributed by atoms with Gasteiger partial charge in [-0.1, -0.05) is 20.8 Å². The van der Waals surface area contributed by atoms with E-state index < -0.39 is 0 Å². The Labute approximate surface area is 101 Å². The summed E-state index contributed by atoms with van der Waals surface area (Å²) in [4.78, 5) is 2.26. The standard InChI is InChI=1S/C14H28N2/c1-13(2)11-6-7-14(3,10-11)12(13)15-8-9-16(4)5/h11-12,15H,6-10H2,1-5H3/t11-,12?,14+/m0/s1. The summed E-state index contributed by atoms with van der Waals surface area (Å²) in [6, 6.07) is 0.721. The highest BCUT2D eigenvalue weighted by Gasteiger charge is 2.58. The highest BCUT2D eigenvalue weighted by molar-refractivity contribution is 5.11. The van der Waals surface area contributed by atoms with Gasteiger partial charge in [0.25, 0.3) is 0 Å². The first-order valence-corrected chi connectivity index (χ1v) is 6.74. The second-order valence-electron chi connectivity index (χ2n) is 7.11. The monoisotopic (exact) mass is 224 g/mol. The highest BCUT2D eigenvalue weighted by atomic mass is 15.1. The Morgan fingerprint density at radius 2 is 1.94 bits per heavy atom. The van der Waals surface area contributed by atoms with Gasteiger partial charge in [-0.15, -0.1) is 0 Å². The molecular formula is C14H28N2. The SMILES string of the molecule is CN(C)CCNC1C(C)(C)[C@H]2CC[C@]1(C)C2. The van der Waals surface area contributed by atoms with Gasteiger partial charge < -0.3 is 10.2 Å². The first-order chi connectivity index (χ1) is 7.36. The molecule has 0 spiro atoms. The van der Waals surface area contributed by atoms with Crippen molar-refractivity contribution in [3.05, 3.63) is 0 Å². The van der Waals surface area contributed by atoms with Gasteiger partial charge in [0.05, 0.1) is 0 Å². The first kappa shape index (κ1) is 12.4. The molecule has 16 heavy (non-hydrogen) atoms. The smallest absolute Gasteiger partial charge is 0.0175 e. The van der Waals surface area contributed by atoms with E-state index in [2.05, 4.69) is 45.1 Å². The lowest BCUT2D eigenvalue weighted by Crippen LogP contribution is -2.51. The van der Waals surface area contributed by atoms with Gasteiger partial charge in [-0.25, -0.2) is 0 Å². The van der Waals surface area contributed by atoms with E-state index in [1.165, 1.54) is 19.3 Å². The summed E-state index contributed by atoms with van der Waals surface area (Å²) in [5.74, 6) is 0.953. The van der Waals surface area contributed by atoms with E-state index in [-0.39, 0.29) is 0 Å². The molecule has 2 aliphatic carbocycles. The van der Waals surface area contributed by atoms with Gasteiger partial charge in [0.1, 0.15) is 0 Å². The maximum Gasteiger partial charge on any atom is 0.0175 e. The minimum absolute atomic E-state index is 0.499. The Morgan fingerprint density at radius 1 is 1.25 bits per heavy atom. The van der Waals surface area contributed by atoms with Crippen molar-refractivity contribution in [2.24, 2.45) is 16.7 Å². The van der Waals surface area contributed by atoms with E-state index in [0.29, 0.717) is 10.8 Å². The van der Waals surface area contributed by atoms with Crippen LogP contribution in [0.15, 0.2) is 0 Å². The molecule has 0 aromatic rings. The zero-order valence-electron chi connectivity index (χ0n) is 11.6. The average molecular weight is 224 g/mol. The van der Waals surface area contributed by atoms with Crippen molar-refractivity contribution in [2.45, 2.75) is 46.1 Å². The summed E-state index contributed by atoms with van der Waals surface area (Å²) in [6.07, 6.45) is 4.33. The molecule has 1 N–H and O–H groups in total. The lowest BCUT2D eigenvalue weighted by atomic mass is 9.68. The van der Waals surface area contributed by atoms with Crippen LogP contribution in [0.1, 0.15) is 40.0 Å². The van der Waals surface area contributed by atoms with E-state index in [1.807, 2.05) is 0 Å². The summed E-state index contributed by atoms with van der Waals surface area (Å²) < 4.78 is 0. The molecule has 0 aliphatic heterocycles. The van der Waals surface area contributed by atoms with Gasteiger partial charge in [0.2, 0.25) is 0 Å². The van der Waals surface area contributed by atoms with Gasteiger partial charge in [-0.2, -0.15) is 0 Å². The average Bonchev–Trinajstić information content (AvgIpc) is 2.62. The lowest BCUT2D eigenvalue weighted by Gasteiger charge is -2.43. The Morgan fingerprint density at radius 3 is 2.44 bits per heavy atom. The van der Waals surface area contributed by atoms with Crippen LogP contribution >= 0.6 is 0 Å². The second kappa shape index (κ2) is 3.99. The van der Waals surface area contributed by atoms with E-state index in [1.54, 1.807) is 0 Å². The summed E-state index contributed by atoms with van der Waals surface area (Å²) in [6.45, 7) is 9.70. The molecule has 2 fully saturated rings. The minimum Gasteiger partial charge on any atom is -0.312 e. The van der Waals surface area contributed by atoms with Crippen LogP contribution in [-0.2, 0) is 0 Å². The molecule has 0 heterocycles. The first-order valence-electron chi connectivity index (χ1n) is 6.74. The van der Waals surface area contributed by atoms with Crippen molar-refractivity contribution in [1.82, 2.24) is 10.2 Å². The van der Waals surface area contributed by atoms with Crippen LogP contribution in [0.4, 0.5) is 0 Å². The molecule has 2 saturated carbocycles. The number of nitrogens with zero attached hydrogens (tertiary/aromatic N) is 1. The van der Waals surface area contributed by atoms with E-state index >= 15 is 0 Å². The molecule has 2 nitrogen and oxygen atoms in total. The number of hydrogen-bond donors (Lipinski definition) is 1. The molecule has 2 bridgehead atoms. The van der Waals surface area contributed by atoms with Crippen LogP contribution in [-0.4, -0.2) is 38.1 Å². The molecule has 0 radical (unpaired) electrons. The number of rotatable bonds is 4. The number of hydrogen-bond acceptors (Lipinski definition) is 2. The maximum absolute atomic E-state index is 3.83. The summed E-state index contributed by atoms with van der Waals surface area (Å²) in [5.41, 5.74) is 1.07. The van der Waals surface area contributed by atoms with E-state index in [0.717, 1.165) is 25.0 Å². The Bertz CT molecular complexity index is 255. The predicted octanol–water partition coefficient (Wildman–Crippen LogP) is 2.35. The third-order valence-corrected chi connectivity index (χ3v) is 5.18. The number of likely N-dealkylation sites (N-methyl/N-ethyl adjacent to an activating group) is 1. The largest absolute Gasteiger partial charge is 0.312 e. The molecule has 0 aromatic carbocycles. The van der Waals surface area contributed by atoms with Gasteiger partial charge in [0.15, 0.2) is 0 Å². The van der Waals surface area contributed by atoms with Gasteiger partial charge in [-0.05, 0) is 50.1 Å². The third-order valence-electron chi connectivity index (χ3n) is 5.18. The molecule has 3 atom stereocenters. The van der Waals surface area contributed by atoms with Crippen LogP contribution in [0.3, 0.4) is 0 Å². The molecule has 0 saturated heterocycles. The lowest BCUT2D eigenvalue weighted by molar-refractivity contribution is 0.108. The molecular weight excluding hydrogens is 196 g/mol. The molecule has 0 amide bonds. The van der Waals surface area contributed by atoms with Gasteiger partial charge in [-0.3, -0.25) is 0 Å². The number of fused-ring (bicyclic) bond motifs is 2. The fourth-order valence-electron chi connectivity index (χ4n) is 4.24. The molecule has 2 heteroatoms. The summed E-state index contributed by atoms with van der Waals surface area (Å²) in [5, 5.41) is 3.83. The minimum atomic E-state index is 0.499. The maximum atomic E-state index is 3.83. The third kappa shape index (κ3) is 1.91. The highest BCUT2D eigenvalue weighted by Crippen LogP contribution is 2.62. The molecule has 94 valence electrons. The van der Waals surface area contributed by atoms with Crippen LogP contribution in [0.25, 0.3) is 0 Å². The summed E-state index contributed by atoms with van der Waals surface area (Å²) in [7, 11) is 4.30. The number of nitrogens with one attached hydrogen (secondary N) is 1. The molecule has 1 unspecified atom stereocenters. The zero-order valence-corrected chi connectivity index (χ0v) is 11.6. The van der Waals surface area contributed by atoms with Gasteiger partial charge >= 0.3 is 0 Å². The quantitative estimate of drug-likeness (QED) is 0.788. The van der Waals surface area contributed by atoms with Crippen molar-refractivity contribution in [1.29, 1.82) is 0 Å².